The number of rotatable bonds is 9. The number of benzene rings is 1. The van der Waals surface area contributed by atoms with Crippen LogP contribution in [0.5, 0.6) is 0 Å². The van der Waals surface area contributed by atoms with E-state index in [1.807, 2.05) is 6.26 Å². The van der Waals surface area contributed by atoms with Crippen LogP contribution in [0.3, 0.4) is 0 Å². The number of nitrogens with one attached hydrogen (secondary N) is 2. The maximum Gasteiger partial charge on any atom is 0.191 e. The molecule has 3 rings (SSSR count). The topological polar surface area (TPSA) is 79.9 Å². The zero-order valence-corrected chi connectivity index (χ0v) is 21.0. The van der Waals surface area contributed by atoms with Gasteiger partial charge < -0.3 is 14.7 Å². The number of aromatic nitrogens is 3. The number of nitrogens with zero attached hydrogens (tertiary/aromatic N) is 2. The fraction of sp³-hybridized carbons (Fsp3) is 0.435. The average molecular weight is 457 g/mol. The van der Waals surface area contributed by atoms with Gasteiger partial charge in [0, 0.05) is 24.0 Å². The molecule has 31 heavy (non-hydrogen) atoms. The van der Waals surface area contributed by atoms with Crippen LogP contribution in [-0.4, -0.2) is 42.4 Å². The normalized spacial score (nSPS) is 12.3. The largest absolute Gasteiger partial charge is 0.416 e. The Kier molecular flexibility index (Phi) is 7.23. The van der Waals surface area contributed by atoms with E-state index < -0.39 is 8.32 Å². The highest BCUT2D eigenvalue weighted by Crippen LogP contribution is 2.36. The summed E-state index contributed by atoms with van der Waals surface area (Å²) in [6, 6.07) is 8.63. The van der Waals surface area contributed by atoms with Crippen molar-refractivity contribution in [3.8, 4) is 0 Å². The molecule has 0 atom stereocenters. The van der Waals surface area contributed by atoms with Gasteiger partial charge in [-0.2, -0.15) is 0 Å². The fourth-order valence-electron chi connectivity index (χ4n) is 3.01. The first kappa shape index (κ1) is 23.5. The summed E-state index contributed by atoms with van der Waals surface area (Å²) in [5.74, 6) is 0.552. The van der Waals surface area contributed by atoms with Crippen LogP contribution < -0.4 is 5.32 Å². The van der Waals surface area contributed by atoms with Crippen molar-refractivity contribution in [1.29, 1.82) is 0 Å². The van der Waals surface area contributed by atoms with Gasteiger partial charge in [0.2, 0.25) is 0 Å². The van der Waals surface area contributed by atoms with Crippen LogP contribution in [0.4, 0.5) is 5.82 Å². The third kappa shape index (κ3) is 5.75. The third-order valence-corrected chi connectivity index (χ3v) is 11.1. The molecule has 2 heterocycles. The van der Waals surface area contributed by atoms with E-state index in [0.717, 1.165) is 30.5 Å². The summed E-state index contributed by atoms with van der Waals surface area (Å²) in [5.41, 5.74) is 3.85. The molecule has 0 radical (unpaired) electrons. The van der Waals surface area contributed by atoms with E-state index in [9.17, 15) is 4.79 Å². The van der Waals surface area contributed by atoms with E-state index >= 15 is 0 Å². The molecule has 0 unspecified atom stereocenters. The van der Waals surface area contributed by atoms with Gasteiger partial charge in [-0.15, -0.1) is 0 Å². The van der Waals surface area contributed by atoms with Crippen LogP contribution in [0.15, 0.2) is 35.6 Å². The van der Waals surface area contributed by atoms with Crippen molar-refractivity contribution in [2.24, 2.45) is 0 Å². The summed E-state index contributed by atoms with van der Waals surface area (Å²) in [7, 11) is -1.72. The molecule has 8 heteroatoms. The van der Waals surface area contributed by atoms with E-state index in [4.69, 9.17) is 4.43 Å². The van der Waals surface area contributed by atoms with Crippen LogP contribution in [0, 0.1) is 0 Å². The number of fused-ring (bicyclic) bond motifs is 1. The number of anilines is 1. The first-order chi connectivity index (χ1) is 14.6. The molecule has 6 nitrogen and oxygen atoms in total. The lowest BCUT2D eigenvalue weighted by molar-refractivity contribution is 0.112. The maximum absolute atomic E-state index is 11.3. The number of carbonyl (C=O) groups excluding carboxylic acids is 1. The summed E-state index contributed by atoms with van der Waals surface area (Å²) >= 11 is 1.44. The van der Waals surface area contributed by atoms with Crippen molar-refractivity contribution in [3.05, 3.63) is 47.3 Å². The summed E-state index contributed by atoms with van der Waals surface area (Å²) in [6.07, 6.45) is 5.14. The van der Waals surface area contributed by atoms with E-state index in [1.54, 1.807) is 6.20 Å². The number of hydrogen-bond donors (Lipinski definition) is 2. The van der Waals surface area contributed by atoms with Gasteiger partial charge >= 0.3 is 0 Å². The Morgan fingerprint density at radius 3 is 2.71 bits per heavy atom. The van der Waals surface area contributed by atoms with Gasteiger partial charge in [0.1, 0.15) is 5.82 Å². The molecule has 0 amide bonds. The zero-order valence-electron chi connectivity index (χ0n) is 19.2. The third-order valence-electron chi connectivity index (χ3n) is 5.95. The second kappa shape index (κ2) is 9.54. The van der Waals surface area contributed by atoms with Gasteiger partial charge in [-0.25, -0.2) is 9.97 Å². The lowest BCUT2D eigenvalue weighted by atomic mass is 10.1. The highest BCUT2D eigenvalue weighted by Gasteiger charge is 2.36. The number of hydrogen-bond acceptors (Lipinski definition) is 6. The number of carbonyl (C=O) groups is 1. The number of thioether (sulfide) groups is 1. The highest BCUT2D eigenvalue weighted by molar-refractivity contribution is 7.98. The number of aromatic amines is 1. The first-order valence-electron chi connectivity index (χ1n) is 10.5. The first-order valence-corrected chi connectivity index (χ1v) is 14.6. The van der Waals surface area contributed by atoms with E-state index in [1.165, 1.54) is 22.7 Å². The van der Waals surface area contributed by atoms with Crippen LogP contribution in [-0.2, 0) is 17.4 Å². The molecular weight excluding hydrogens is 424 g/mol. The van der Waals surface area contributed by atoms with Crippen LogP contribution in [0.2, 0.25) is 18.1 Å². The summed E-state index contributed by atoms with van der Waals surface area (Å²) in [6.45, 7) is 12.7. The lowest BCUT2D eigenvalue weighted by Crippen LogP contribution is -2.41. The Morgan fingerprint density at radius 1 is 1.26 bits per heavy atom. The Morgan fingerprint density at radius 2 is 2.03 bits per heavy atom. The molecule has 2 N–H and O–H groups in total. The van der Waals surface area contributed by atoms with Gasteiger partial charge in [-0.3, -0.25) is 4.79 Å². The van der Waals surface area contributed by atoms with Crippen molar-refractivity contribution < 1.29 is 9.22 Å². The van der Waals surface area contributed by atoms with Crippen LogP contribution >= 0.6 is 11.8 Å². The summed E-state index contributed by atoms with van der Waals surface area (Å²) in [5, 5.41) is 5.28. The molecule has 3 aromatic rings. The average Bonchev–Trinajstić information content (AvgIpc) is 3.13. The number of aldehydes is 1. The fourth-order valence-corrected chi connectivity index (χ4v) is 4.40. The minimum atomic E-state index is -1.72. The predicted octanol–water partition coefficient (Wildman–Crippen LogP) is 5.67. The van der Waals surface area contributed by atoms with Gasteiger partial charge in [0.25, 0.3) is 0 Å². The molecule has 166 valence electrons. The maximum atomic E-state index is 11.3. The van der Waals surface area contributed by atoms with Crippen molar-refractivity contribution in [2.45, 2.75) is 57.0 Å². The molecular formula is C23H32N4O2SSi. The van der Waals surface area contributed by atoms with E-state index in [2.05, 4.69) is 78.4 Å². The molecule has 2 aromatic heterocycles. The van der Waals surface area contributed by atoms with Gasteiger partial charge in [-0.1, -0.05) is 38.6 Å². The monoisotopic (exact) mass is 456 g/mol. The van der Waals surface area contributed by atoms with E-state index in [-0.39, 0.29) is 5.04 Å². The molecule has 0 aliphatic heterocycles. The van der Waals surface area contributed by atoms with Crippen LogP contribution in [0.1, 0.15) is 42.4 Å². The molecule has 0 saturated heterocycles. The van der Waals surface area contributed by atoms with Gasteiger partial charge in [-0.05, 0) is 60.0 Å². The van der Waals surface area contributed by atoms with Gasteiger partial charge in [0.05, 0.1) is 12.1 Å². The highest BCUT2D eigenvalue weighted by atomic mass is 32.2. The molecule has 0 bridgehead atoms. The molecule has 0 spiro atoms. The standard InChI is InChI=1S/C23H32N4O2SSi/c1-23(2,3)31(5,6)29-10-9-16-7-8-20-17(11-16)12-19(26-20)14-24-21-18(15-28)13-25-22(27-21)30-4/h7-8,11-13,15,26H,9-10,14H2,1-6H3,(H,24,25,27). The molecule has 1 aromatic carbocycles. The SMILES string of the molecule is CSc1ncc(C=O)c(NCc2cc3cc(CCO[Si](C)(C)C(C)(C)C)ccc3[nH]2)n1. The van der Waals surface area contributed by atoms with Crippen molar-refractivity contribution in [1.82, 2.24) is 15.0 Å². The van der Waals surface area contributed by atoms with E-state index in [0.29, 0.717) is 23.1 Å². The second-order valence-electron chi connectivity index (χ2n) is 9.21. The Labute approximate surface area is 189 Å². The quantitative estimate of drug-likeness (QED) is 0.187. The predicted molar refractivity (Wildman–Crippen MR) is 132 cm³/mol. The second-order valence-corrected chi connectivity index (χ2v) is 14.8. The minimum Gasteiger partial charge on any atom is -0.416 e. The zero-order chi connectivity index (χ0) is 22.6. The Bertz CT molecular complexity index is 1060. The van der Waals surface area contributed by atoms with Gasteiger partial charge in [0.15, 0.2) is 19.8 Å². The molecule has 0 aliphatic rings. The Hall–Kier alpha value is -2.16. The minimum absolute atomic E-state index is 0.226. The summed E-state index contributed by atoms with van der Waals surface area (Å²) in [4.78, 5) is 23.3. The van der Waals surface area contributed by atoms with Crippen molar-refractivity contribution in [3.63, 3.8) is 0 Å². The lowest BCUT2D eigenvalue weighted by Gasteiger charge is -2.36. The number of H-pyrrole nitrogens is 1. The van der Waals surface area contributed by atoms with Crippen LogP contribution in [0.25, 0.3) is 10.9 Å². The summed E-state index contributed by atoms with van der Waals surface area (Å²) < 4.78 is 6.32. The van der Waals surface area contributed by atoms with Crippen molar-refractivity contribution in [2.75, 3.05) is 18.2 Å². The molecule has 0 fully saturated rings. The molecule has 0 saturated carbocycles. The molecule has 0 aliphatic carbocycles. The smallest absolute Gasteiger partial charge is 0.191 e. The Balaban J connectivity index is 1.65. The van der Waals surface area contributed by atoms with Crippen molar-refractivity contribution >= 4 is 43.1 Å².